The Morgan fingerprint density at radius 2 is 1.91 bits per heavy atom. The third kappa shape index (κ3) is 3.36. The van der Waals surface area contributed by atoms with E-state index in [0.717, 1.165) is 31.5 Å². The van der Waals surface area contributed by atoms with Crippen LogP contribution >= 0.6 is 11.6 Å². The van der Waals surface area contributed by atoms with Crippen LogP contribution in [0.1, 0.15) is 45.1 Å². The van der Waals surface area contributed by atoms with Crippen molar-refractivity contribution >= 4 is 40.2 Å². The molecule has 0 saturated carbocycles. The smallest absolute Gasteiger partial charge is 0.349 e. The standard InChI is InChI=1S/C23H25ClF2N6O/c1-3-12-7-11(27)8-13(4-2)32(12)17-10-28-20-15(9-29-21(20)31-17)14-5-6-16-18(19(14)24)23(25,26)22(33)30-16/h5-6,9-13H,3-4,7-8,27H2,1-2H3,(H,29,31)(H,30,33)/t11?,12-,13+. The second-order valence-electron chi connectivity index (χ2n) is 8.77. The molecule has 4 N–H and O–H groups in total. The van der Waals surface area contributed by atoms with Gasteiger partial charge in [-0.25, -0.2) is 9.97 Å². The number of halogens is 3. The number of aromatic nitrogens is 3. The first kappa shape index (κ1) is 22.0. The van der Waals surface area contributed by atoms with Gasteiger partial charge in [0.05, 0.1) is 22.5 Å². The molecule has 3 aromatic rings. The second kappa shape index (κ2) is 7.92. The zero-order valence-electron chi connectivity index (χ0n) is 18.3. The summed E-state index contributed by atoms with van der Waals surface area (Å²) in [4.78, 5) is 26.6. The van der Waals surface area contributed by atoms with E-state index in [4.69, 9.17) is 22.3 Å². The number of amides is 1. The molecule has 3 atom stereocenters. The summed E-state index contributed by atoms with van der Waals surface area (Å²) < 4.78 is 28.8. The summed E-state index contributed by atoms with van der Waals surface area (Å²) in [5.74, 6) is -4.30. The lowest BCUT2D eigenvalue weighted by molar-refractivity contribution is -0.139. The Kier molecular flexibility index (Phi) is 5.29. The fourth-order valence-electron chi connectivity index (χ4n) is 5.15. The predicted molar refractivity (Wildman–Crippen MR) is 125 cm³/mol. The van der Waals surface area contributed by atoms with Gasteiger partial charge in [0.25, 0.3) is 5.91 Å². The number of piperidine rings is 1. The molecule has 33 heavy (non-hydrogen) atoms. The van der Waals surface area contributed by atoms with E-state index >= 15 is 0 Å². The van der Waals surface area contributed by atoms with Crippen LogP contribution in [-0.2, 0) is 10.7 Å². The molecule has 1 saturated heterocycles. The normalized spacial score (nSPS) is 24.2. The summed E-state index contributed by atoms with van der Waals surface area (Å²) in [6.07, 6.45) is 7.08. The fraction of sp³-hybridized carbons (Fsp3) is 0.435. The van der Waals surface area contributed by atoms with E-state index in [1.807, 2.05) is 0 Å². The lowest BCUT2D eigenvalue weighted by Crippen LogP contribution is -2.53. The molecule has 5 rings (SSSR count). The molecule has 1 aromatic carbocycles. The Balaban J connectivity index is 1.57. The Morgan fingerprint density at radius 1 is 1.21 bits per heavy atom. The van der Waals surface area contributed by atoms with Crippen molar-refractivity contribution in [2.75, 3.05) is 10.2 Å². The molecule has 1 fully saturated rings. The van der Waals surface area contributed by atoms with Gasteiger partial charge in [0.1, 0.15) is 11.3 Å². The maximum absolute atomic E-state index is 14.4. The molecule has 7 nitrogen and oxygen atoms in total. The van der Waals surface area contributed by atoms with Crippen LogP contribution in [0.3, 0.4) is 0 Å². The lowest BCUT2D eigenvalue weighted by atomic mass is 9.89. The van der Waals surface area contributed by atoms with Crippen LogP contribution in [0.25, 0.3) is 22.3 Å². The van der Waals surface area contributed by atoms with Gasteiger partial charge in [-0.1, -0.05) is 31.5 Å². The number of anilines is 2. The van der Waals surface area contributed by atoms with Crippen molar-refractivity contribution in [3.63, 3.8) is 0 Å². The first-order valence-corrected chi connectivity index (χ1v) is 11.5. The topological polar surface area (TPSA) is 99.9 Å². The van der Waals surface area contributed by atoms with Crippen molar-refractivity contribution in [1.82, 2.24) is 15.0 Å². The van der Waals surface area contributed by atoms with Gasteiger partial charge in [-0.05, 0) is 31.7 Å². The second-order valence-corrected chi connectivity index (χ2v) is 9.15. The fourth-order valence-corrected chi connectivity index (χ4v) is 5.53. The predicted octanol–water partition coefficient (Wildman–Crippen LogP) is 4.81. The molecule has 2 aliphatic rings. The molecule has 0 aliphatic carbocycles. The first-order chi connectivity index (χ1) is 15.8. The highest BCUT2D eigenvalue weighted by Gasteiger charge is 2.50. The van der Waals surface area contributed by atoms with Crippen molar-refractivity contribution in [1.29, 1.82) is 0 Å². The van der Waals surface area contributed by atoms with Crippen molar-refractivity contribution in [2.24, 2.45) is 5.73 Å². The Hall–Kier alpha value is -2.78. The van der Waals surface area contributed by atoms with E-state index in [0.29, 0.717) is 22.3 Å². The number of benzene rings is 1. The van der Waals surface area contributed by atoms with Crippen LogP contribution in [0.4, 0.5) is 20.3 Å². The monoisotopic (exact) mass is 474 g/mol. The summed E-state index contributed by atoms with van der Waals surface area (Å²) >= 11 is 6.38. The number of carbonyl (C=O) groups is 1. The van der Waals surface area contributed by atoms with Crippen molar-refractivity contribution in [3.05, 3.63) is 35.1 Å². The minimum atomic E-state index is -3.69. The van der Waals surface area contributed by atoms with Crippen LogP contribution in [0.15, 0.2) is 24.5 Å². The molecule has 10 heteroatoms. The number of hydrogen-bond acceptors (Lipinski definition) is 5. The average Bonchev–Trinajstić information content (AvgIpc) is 3.30. The van der Waals surface area contributed by atoms with Gasteiger partial charge >= 0.3 is 5.92 Å². The van der Waals surface area contributed by atoms with Crippen LogP contribution in [-0.4, -0.2) is 39.0 Å². The zero-order valence-corrected chi connectivity index (χ0v) is 19.1. The van der Waals surface area contributed by atoms with E-state index < -0.39 is 17.4 Å². The number of nitrogens with one attached hydrogen (secondary N) is 2. The number of alkyl halides is 2. The molecule has 2 aliphatic heterocycles. The number of H-pyrrole nitrogens is 1. The van der Waals surface area contributed by atoms with E-state index in [2.05, 4.69) is 34.0 Å². The maximum Gasteiger partial charge on any atom is 0.353 e. The lowest BCUT2D eigenvalue weighted by Gasteiger charge is -2.44. The molecule has 0 radical (unpaired) electrons. The minimum Gasteiger partial charge on any atom is -0.349 e. The molecule has 1 amide bonds. The average molecular weight is 475 g/mol. The molecule has 2 aromatic heterocycles. The van der Waals surface area contributed by atoms with Gasteiger partial charge < -0.3 is 20.9 Å². The Labute approximate surface area is 194 Å². The number of hydrogen-bond donors (Lipinski definition) is 3. The van der Waals surface area contributed by atoms with E-state index in [9.17, 15) is 13.6 Å². The number of nitrogens with zero attached hydrogens (tertiary/aromatic N) is 3. The number of nitrogens with two attached hydrogens (primary N) is 1. The third-order valence-corrected chi connectivity index (χ3v) is 7.18. The highest BCUT2D eigenvalue weighted by Crippen LogP contribution is 2.48. The molecule has 0 bridgehead atoms. The van der Waals surface area contributed by atoms with Crippen LogP contribution in [0.2, 0.25) is 5.02 Å². The first-order valence-electron chi connectivity index (χ1n) is 11.2. The van der Waals surface area contributed by atoms with Gasteiger partial charge in [-0.15, -0.1) is 0 Å². The molecular formula is C23H25ClF2N6O. The Bertz CT molecular complexity index is 1230. The highest BCUT2D eigenvalue weighted by molar-refractivity contribution is 6.36. The number of aromatic amines is 1. The zero-order chi connectivity index (χ0) is 23.5. The molecular weight excluding hydrogens is 450 g/mol. The number of carbonyl (C=O) groups excluding carboxylic acids is 1. The SMILES string of the molecule is CC[C@@H]1CC(N)C[C@H](CC)N1c1cnc2c(-c3ccc4c(c3Cl)C(F)(F)C(=O)N4)c[nH]c2n1. The molecule has 174 valence electrons. The van der Waals surface area contributed by atoms with Gasteiger partial charge in [0.2, 0.25) is 0 Å². The van der Waals surface area contributed by atoms with Gasteiger partial charge in [-0.3, -0.25) is 4.79 Å². The quantitative estimate of drug-likeness (QED) is 0.504. The summed E-state index contributed by atoms with van der Waals surface area (Å²) in [5.41, 5.74) is 7.77. The summed E-state index contributed by atoms with van der Waals surface area (Å²) in [6.45, 7) is 4.29. The van der Waals surface area contributed by atoms with E-state index in [1.54, 1.807) is 18.5 Å². The minimum absolute atomic E-state index is 0.0199. The number of fused-ring (bicyclic) bond motifs is 2. The van der Waals surface area contributed by atoms with E-state index in [1.165, 1.54) is 6.07 Å². The van der Waals surface area contributed by atoms with E-state index in [-0.39, 0.29) is 28.8 Å². The van der Waals surface area contributed by atoms with Crippen LogP contribution < -0.4 is 16.0 Å². The maximum atomic E-state index is 14.4. The van der Waals surface area contributed by atoms with Crippen LogP contribution in [0.5, 0.6) is 0 Å². The van der Waals surface area contributed by atoms with Gasteiger partial charge in [-0.2, -0.15) is 8.78 Å². The summed E-state index contributed by atoms with van der Waals surface area (Å²) in [6, 6.07) is 3.76. The summed E-state index contributed by atoms with van der Waals surface area (Å²) in [7, 11) is 0. The van der Waals surface area contributed by atoms with Crippen molar-refractivity contribution < 1.29 is 13.6 Å². The molecule has 0 spiro atoms. The molecule has 4 heterocycles. The van der Waals surface area contributed by atoms with Gasteiger partial charge in [0.15, 0.2) is 5.65 Å². The van der Waals surface area contributed by atoms with Crippen molar-refractivity contribution in [2.45, 2.75) is 63.6 Å². The summed E-state index contributed by atoms with van der Waals surface area (Å²) in [5, 5.41) is 2.00. The van der Waals surface area contributed by atoms with Crippen LogP contribution in [0, 0.1) is 0 Å². The highest BCUT2D eigenvalue weighted by atomic mass is 35.5. The Morgan fingerprint density at radius 3 is 2.58 bits per heavy atom. The third-order valence-electron chi connectivity index (χ3n) is 6.79. The molecule has 1 unspecified atom stereocenters. The van der Waals surface area contributed by atoms with Gasteiger partial charge in [0, 0.05) is 35.4 Å². The number of rotatable bonds is 4. The largest absolute Gasteiger partial charge is 0.353 e. The van der Waals surface area contributed by atoms with Crippen molar-refractivity contribution in [3.8, 4) is 11.1 Å².